The van der Waals surface area contributed by atoms with Crippen LogP contribution in [-0.4, -0.2) is 30.6 Å². The molecule has 0 aromatic heterocycles. The summed E-state index contributed by atoms with van der Waals surface area (Å²) in [4.78, 5) is 0. The predicted molar refractivity (Wildman–Crippen MR) is 89.5 cm³/mol. The molecule has 0 spiro atoms. The Balaban J connectivity index is 0. The molecule has 0 heterocycles. The maximum atomic E-state index is 9.30. The van der Waals surface area contributed by atoms with Crippen LogP contribution in [0.3, 0.4) is 0 Å². The standard InChI is InChI=1S/C14H12O3.3CHNO/c15-12-5-3-10(4-6-12)1-2-11-7-13(16)9-14(17)8-11;3*2-1-3/h1-9,15-17H;3*3H. The van der Waals surface area contributed by atoms with E-state index in [4.69, 9.17) is 36.2 Å². The third-order valence-electron chi connectivity index (χ3n) is 2.29. The van der Waals surface area contributed by atoms with Crippen LogP contribution < -0.4 is 0 Å². The Labute approximate surface area is 149 Å². The van der Waals surface area contributed by atoms with Crippen LogP contribution in [0, 0.1) is 34.6 Å². The molecule has 2 aromatic carbocycles. The number of aliphatic hydroxyl groups is 3. The summed E-state index contributed by atoms with van der Waals surface area (Å²) in [5.74, 6) is 0.267. The molecule has 0 fully saturated rings. The molecule has 0 amide bonds. The number of aliphatic hydroxyl groups excluding tert-OH is 3. The van der Waals surface area contributed by atoms with Gasteiger partial charge in [0, 0.05) is 6.07 Å². The van der Waals surface area contributed by atoms with E-state index in [1.807, 2.05) is 6.08 Å². The lowest BCUT2D eigenvalue weighted by atomic mass is 10.1. The molecule has 0 saturated heterocycles. The van der Waals surface area contributed by atoms with E-state index in [2.05, 4.69) is 0 Å². The van der Waals surface area contributed by atoms with Gasteiger partial charge in [0.25, 0.3) is 18.8 Å². The number of phenols is 3. The maximum absolute atomic E-state index is 9.30. The van der Waals surface area contributed by atoms with Crippen LogP contribution in [0.1, 0.15) is 11.1 Å². The molecule has 134 valence electrons. The minimum Gasteiger partial charge on any atom is -0.508 e. The van der Waals surface area contributed by atoms with Crippen molar-refractivity contribution in [2.24, 2.45) is 0 Å². The largest absolute Gasteiger partial charge is 0.508 e. The van der Waals surface area contributed by atoms with Crippen molar-refractivity contribution in [3.63, 3.8) is 0 Å². The van der Waals surface area contributed by atoms with Gasteiger partial charge in [0.1, 0.15) is 17.2 Å². The SMILES string of the molecule is N#CO.N#CO.N#CO.Oc1ccc(C=Cc2cc(O)cc(O)c2)cc1. The number of nitriles is 3. The van der Waals surface area contributed by atoms with Gasteiger partial charge in [-0.3, -0.25) is 0 Å². The van der Waals surface area contributed by atoms with Gasteiger partial charge in [-0.25, -0.2) is 0 Å². The molecular weight excluding hydrogens is 342 g/mol. The molecule has 0 aliphatic heterocycles. The van der Waals surface area contributed by atoms with E-state index in [0.717, 1.165) is 24.3 Å². The van der Waals surface area contributed by atoms with E-state index >= 15 is 0 Å². The molecule has 2 rings (SSSR count). The van der Waals surface area contributed by atoms with Crippen molar-refractivity contribution in [1.82, 2.24) is 0 Å². The highest BCUT2D eigenvalue weighted by atomic mass is 16.3. The van der Waals surface area contributed by atoms with Crippen molar-refractivity contribution < 1.29 is 30.6 Å². The first-order chi connectivity index (χ1) is 12.4. The maximum Gasteiger partial charge on any atom is 0.283 e. The van der Waals surface area contributed by atoms with E-state index in [1.54, 1.807) is 42.5 Å². The summed E-state index contributed by atoms with van der Waals surface area (Å²) in [7, 11) is 0. The normalized spacial score (nSPS) is 7.88. The highest BCUT2D eigenvalue weighted by Crippen LogP contribution is 2.22. The summed E-state index contributed by atoms with van der Waals surface area (Å²) in [6, 6.07) is 11.1. The smallest absolute Gasteiger partial charge is 0.283 e. The zero-order chi connectivity index (χ0) is 20.4. The molecule has 0 aliphatic rings. The van der Waals surface area contributed by atoms with Crippen molar-refractivity contribution in [3.05, 3.63) is 53.6 Å². The van der Waals surface area contributed by atoms with Crippen molar-refractivity contribution >= 4 is 12.2 Å². The summed E-state index contributed by atoms with van der Waals surface area (Å²) >= 11 is 0. The minimum absolute atomic E-state index is 0.0235. The number of nitrogens with zero attached hydrogens (tertiary/aromatic N) is 3. The number of aromatic hydroxyl groups is 3. The Morgan fingerprint density at radius 1 is 0.577 bits per heavy atom. The second-order valence-electron chi connectivity index (χ2n) is 4.01. The Morgan fingerprint density at radius 2 is 0.923 bits per heavy atom. The fourth-order valence-electron chi connectivity index (χ4n) is 1.49. The van der Waals surface area contributed by atoms with Crippen LogP contribution in [0.25, 0.3) is 12.2 Å². The van der Waals surface area contributed by atoms with Gasteiger partial charge in [0.2, 0.25) is 0 Å². The topological polar surface area (TPSA) is 193 Å². The van der Waals surface area contributed by atoms with E-state index in [1.165, 1.54) is 6.07 Å². The zero-order valence-corrected chi connectivity index (χ0v) is 13.2. The molecule has 0 bridgehead atoms. The molecule has 2 aromatic rings. The highest BCUT2D eigenvalue weighted by molar-refractivity contribution is 5.71. The Morgan fingerprint density at radius 3 is 1.31 bits per heavy atom. The predicted octanol–water partition coefficient (Wildman–Crippen LogP) is 2.49. The van der Waals surface area contributed by atoms with Crippen molar-refractivity contribution in [2.45, 2.75) is 0 Å². The van der Waals surface area contributed by atoms with E-state index in [9.17, 15) is 10.2 Å². The van der Waals surface area contributed by atoms with Crippen molar-refractivity contribution in [3.8, 4) is 36.0 Å². The van der Waals surface area contributed by atoms with Gasteiger partial charge in [-0.2, -0.15) is 15.8 Å². The first-order valence-electron chi connectivity index (χ1n) is 6.48. The van der Waals surface area contributed by atoms with Crippen LogP contribution in [0.5, 0.6) is 17.2 Å². The molecule has 9 nitrogen and oxygen atoms in total. The summed E-state index contributed by atoms with van der Waals surface area (Å²) in [6.07, 6.45) is 5.85. The first kappa shape index (κ1) is 23.7. The van der Waals surface area contributed by atoms with Gasteiger partial charge in [0.05, 0.1) is 0 Å². The monoisotopic (exact) mass is 357 g/mol. The molecule has 0 atom stereocenters. The number of hydrogen-bond donors (Lipinski definition) is 6. The van der Waals surface area contributed by atoms with Gasteiger partial charge < -0.3 is 30.6 Å². The van der Waals surface area contributed by atoms with Crippen LogP contribution in [0.15, 0.2) is 42.5 Å². The highest BCUT2D eigenvalue weighted by Gasteiger charge is 1.95. The van der Waals surface area contributed by atoms with E-state index < -0.39 is 0 Å². The molecule has 9 heteroatoms. The average Bonchev–Trinajstić information content (AvgIpc) is 2.56. The van der Waals surface area contributed by atoms with Gasteiger partial charge in [-0.15, -0.1) is 0 Å². The number of benzene rings is 2. The average molecular weight is 357 g/mol. The second kappa shape index (κ2) is 15.3. The zero-order valence-electron chi connectivity index (χ0n) is 13.2. The first-order valence-corrected chi connectivity index (χ1v) is 6.48. The summed E-state index contributed by atoms with van der Waals surface area (Å²) in [5, 5.41) is 69.0. The van der Waals surface area contributed by atoms with E-state index in [0.29, 0.717) is 5.56 Å². The lowest BCUT2D eigenvalue weighted by Crippen LogP contribution is -1.74. The molecule has 0 saturated carbocycles. The third-order valence-corrected chi connectivity index (χ3v) is 2.29. The van der Waals surface area contributed by atoms with E-state index in [-0.39, 0.29) is 17.2 Å². The lowest BCUT2D eigenvalue weighted by molar-refractivity contribution is 0.450. The molecular formula is C17H15N3O6. The van der Waals surface area contributed by atoms with Crippen LogP contribution in [0.2, 0.25) is 0 Å². The summed E-state index contributed by atoms with van der Waals surface area (Å²) in [6.45, 7) is 0. The molecule has 0 radical (unpaired) electrons. The summed E-state index contributed by atoms with van der Waals surface area (Å²) in [5.41, 5.74) is 1.63. The van der Waals surface area contributed by atoms with Crippen LogP contribution in [-0.2, 0) is 0 Å². The molecule has 0 unspecified atom stereocenters. The quantitative estimate of drug-likeness (QED) is 0.346. The number of hydrogen-bond acceptors (Lipinski definition) is 9. The van der Waals surface area contributed by atoms with Gasteiger partial charge in [0.15, 0.2) is 0 Å². The van der Waals surface area contributed by atoms with Crippen LogP contribution in [0.4, 0.5) is 0 Å². The fraction of sp³-hybridized carbons (Fsp3) is 0. The van der Waals surface area contributed by atoms with Crippen molar-refractivity contribution in [1.29, 1.82) is 15.8 Å². The Bertz CT molecular complexity index is 750. The van der Waals surface area contributed by atoms with Gasteiger partial charge in [-0.05, 0) is 35.4 Å². The molecule has 0 aliphatic carbocycles. The minimum atomic E-state index is 0.0235. The number of phenolic OH excluding ortho intramolecular Hbond substituents is 3. The van der Waals surface area contributed by atoms with Gasteiger partial charge in [-0.1, -0.05) is 24.3 Å². The number of rotatable bonds is 2. The van der Waals surface area contributed by atoms with Crippen molar-refractivity contribution in [2.75, 3.05) is 0 Å². The third kappa shape index (κ3) is 13.1. The van der Waals surface area contributed by atoms with Crippen LogP contribution >= 0.6 is 0 Å². The Hall–Kier alpha value is -4.55. The molecule has 26 heavy (non-hydrogen) atoms. The fourth-order valence-corrected chi connectivity index (χ4v) is 1.49. The summed E-state index contributed by atoms with van der Waals surface area (Å²) < 4.78 is 0. The molecule has 6 N–H and O–H groups in total. The van der Waals surface area contributed by atoms with Gasteiger partial charge >= 0.3 is 0 Å². The Kier molecular flexibility index (Phi) is 14.0. The second-order valence-corrected chi connectivity index (χ2v) is 4.01. The lowest BCUT2D eigenvalue weighted by Gasteiger charge is -1.98.